The molecule has 174 valence electrons. The number of nitrogens with zero attached hydrogens (tertiary/aromatic N) is 2. The van der Waals surface area contributed by atoms with E-state index in [2.05, 4.69) is 23.1 Å². The van der Waals surface area contributed by atoms with Crippen molar-refractivity contribution in [3.05, 3.63) is 77.7 Å². The summed E-state index contributed by atoms with van der Waals surface area (Å²) in [6, 6.07) is 2.44. The minimum absolute atomic E-state index is 0.0632. The molecule has 0 fully saturated rings. The topological polar surface area (TPSA) is 42.3 Å². The predicted octanol–water partition coefficient (Wildman–Crippen LogP) is 7.61. The maximum absolute atomic E-state index is 12.0. The Morgan fingerprint density at radius 1 is 1.13 bits per heavy atom. The molecule has 1 aromatic heterocycles. The van der Waals surface area contributed by atoms with E-state index in [1.807, 2.05) is 41.5 Å². The van der Waals surface area contributed by atoms with E-state index in [1.165, 1.54) is 6.07 Å². The lowest BCUT2D eigenvalue weighted by Crippen LogP contribution is -2.05. The summed E-state index contributed by atoms with van der Waals surface area (Å²) in [5.41, 5.74) is 2.43. The standard InChI is InChI=1S/C12H16O.C8H8F3N.C3H7N.C2H6/c1-6-12(11(5)13)8-7-10(4)9(2)3;1-2-7-4-3-6(5-12-7)8(9,10)11;1-3-4-2;1-2/h6-8H,2,4H2,1,3,5H3;3-5H,2H2,1H3;3H,1-2H3;1-2H3/b8-7-,12-6+;;;. The van der Waals surface area contributed by atoms with Crippen LogP contribution in [0.25, 0.3) is 0 Å². The van der Waals surface area contributed by atoms with Crippen molar-refractivity contribution in [1.82, 2.24) is 4.98 Å². The Bertz CT molecular complexity index is 737. The van der Waals surface area contributed by atoms with Gasteiger partial charge in [0.2, 0.25) is 0 Å². The lowest BCUT2D eigenvalue weighted by Gasteiger charge is -2.05. The smallest absolute Gasteiger partial charge is 0.301 e. The van der Waals surface area contributed by atoms with Gasteiger partial charge in [-0.15, -0.1) is 0 Å². The van der Waals surface area contributed by atoms with Crippen LogP contribution in [0, 0.1) is 0 Å². The van der Waals surface area contributed by atoms with E-state index in [4.69, 9.17) is 0 Å². The molecule has 1 heterocycles. The number of carbonyl (C=O) groups is 1. The van der Waals surface area contributed by atoms with Gasteiger partial charge in [-0.2, -0.15) is 13.2 Å². The Morgan fingerprint density at radius 3 is 1.90 bits per heavy atom. The fraction of sp³-hybridized carbons (Fsp3) is 0.400. The van der Waals surface area contributed by atoms with Gasteiger partial charge in [-0.1, -0.05) is 57.7 Å². The molecule has 0 aliphatic heterocycles. The van der Waals surface area contributed by atoms with E-state index in [-0.39, 0.29) is 5.78 Å². The fourth-order valence-electron chi connectivity index (χ4n) is 1.55. The molecular weight excluding hydrogens is 401 g/mol. The largest absolute Gasteiger partial charge is 0.417 e. The van der Waals surface area contributed by atoms with Gasteiger partial charge in [-0.05, 0) is 58.0 Å². The van der Waals surface area contributed by atoms with Crippen LogP contribution in [0.2, 0.25) is 0 Å². The molecule has 0 bridgehead atoms. The number of carbonyl (C=O) groups excluding carboxylic acids is 1. The SMILES string of the molecule is C=C(C)C(=C)/C=C\C(=C/C)C(C)=O.CC.CC=NC.CCc1ccc(C(F)(F)F)cn1. The first kappa shape index (κ1) is 32.9. The molecule has 0 radical (unpaired) electrons. The molecule has 0 aliphatic carbocycles. The molecule has 0 saturated heterocycles. The molecule has 1 aromatic rings. The third-order valence-corrected chi connectivity index (χ3v) is 3.50. The maximum atomic E-state index is 12.0. The highest BCUT2D eigenvalue weighted by Crippen LogP contribution is 2.28. The van der Waals surface area contributed by atoms with Crippen molar-refractivity contribution in [1.29, 1.82) is 0 Å². The normalized spacial score (nSPS) is 10.9. The highest BCUT2D eigenvalue weighted by atomic mass is 19.4. The summed E-state index contributed by atoms with van der Waals surface area (Å²) in [6.07, 6.45) is 4.33. The summed E-state index contributed by atoms with van der Waals surface area (Å²) >= 11 is 0. The summed E-state index contributed by atoms with van der Waals surface area (Å²) in [6.45, 7) is 20.5. The van der Waals surface area contributed by atoms with Crippen molar-refractivity contribution < 1.29 is 18.0 Å². The van der Waals surface area contributed by atoms with Crippen LogP contribution >= 0.6 is 0 Å². The number of aliphatic imine (C=N–C) groups is 1. The van der Waals surface area contributed by atoms with Crippen molar-refractivity contribution >= 4 is 12.0 Å². The predicted molar refractivity (Wildman–Crippen MR) is 128 cm³/mol. The first-order chi connectivity index (χ1) is 14.4. The lowest BCUT2D eigenvalue weighted by molar-refractivity contribution is -0.137. The summed E-state index contributed by atoms with van der Waals surface area (Å²) in [5.74, 6) is 0.0632. The molecule has 0 aromatic carbocycles. The van der Waals surface area contributed by atoms with Gasteiger partial charge in [-0.25, -0.2) is 0 Å². The van der Waals surface area contributed by atoms with Crippen LogP contribution in [-0.2, 0) is 17.4 Å². The molecule has 1 rings (SSSR count). The van der Waals surface area contributed by atoms with Crippen LogP contribution in [-0.4, -0.2) is 24.0 Å². The second kappa shape index (κ2) is 19.2. The molecule has 31 heavy (non-hydrogen) atoms. The zero-order valence-electron chi connectivity index (χ0n) is 20.1. The van der Waals surface area contributed by atoms with Gasteiger partial charge in [0.05, 0.1) is 5.56 Å². The van der Waals surface area contributed by atoms with Crippen LogP contribution in [0.4, 0.5) is 13.2 Å². The molecule has 6 heteroatoms. The summed E-state index contributed by atoms with van der Waals surface area (Å²) in [7, 11) is 1.75. The Labute approximate surface area is 186 Å². The Hall–Kier alpha value is -2.76. The lowest BCUT2D eigenvalue weighted by atomic mass is 10.1. The van der Waals surface area contributed by atoms with Crippen LogP contribution in [0.15, 0.2) is 71.4 Å². The van der Waals surface area contributed by atoms with Gasteiger partial charge in [0.25, 0.3) is 0 Å². The number of pyridine rings is 1. The second-order valence-corrected chi connectivity index (χ2v) is 5.85. The maximum Gasteiger partial charge on any atom is 0.417 e. The number of halogens is 3. The summed E-state index contributed by atoms with van der Waals surface area (Å²) < 4.78 is 36.0. The van der Waals surface area contributed by atoms with Crippen molar-refractivity contribution in [3.63, 3.8) is 0 Å². The second-order valence-electron chi connectivity index (χ2n) is 5.85. The quantitative estimate of drug-likeness (QED) is 0.270. The first-order valence-electron chi connectivity index (χ1n) is 10.0. The third kappa shape index (κ3) is 17.8. The van der Waals surface area contributed by atoms with E-state index >= 15 is 0 Å². The Morgan fingerprint density at radius 2 is 1.65 bits per heavy atom. The van der Waals surface area contributed by atoms with Crippen molar-refractivity contribution in [2.45, 2.75) is 61.1 Å². The van der Waals surface area contributed by atoms with Gasteiger partial charge >= 0.3 is 6.18 Å². The first-order valence-corrected chi connectivity index (χ1v) is 10.0. The van der Waals surface area contributed by atoms with Crippen LogP contribution in [0.3, 0.4) is 0 Å². The molecule has 0 aliphatic rings. The zero-order chi connectivity index (χ0) is 25.0. The number of hydrogen-bond acceptors (Lipinski definition) is 3. The number of allylic oxidation sites excluding steroid dienone is 6. The van der Waals surface area contributed by atoms with Crippen molar-refractivity contribution in [3.8, 4) is 0 Å². The zero-order valence-corrected chi connectivity index (χ0v) is 20.1. The number of aryl methyl sites for hydroxylation is 1. The summed E-state index contributed by atoms with van der Waals surface area (Å²) in [4.78, 5) is 18.2. The van der Waals surface area contributed by atoms with Gasteiger partial charge in [0.15, 0.2) is 5.78 Å². The van der Waals surface area contributed by atoms with E-state index in [0.29, 0.717) is 17.7 Å². The van der Waals surface area contributed by atoms with Crippen molar-refractivity contribution in [2.75, 3.05) is 7.05 Å². The third-order valence-electron chi connectivity index (χ3n) is 3.50. The van der Waals surface area contributed by atoms with E-state index in [1.54, 1.807) is 38.4 Å². The summed E-state index contributed by atoms with van der Waals surface area (Å²) in [5, 5.41) is 0. The highest BCUT2D eigenvalue weighted by molar-refractivity contribution is 5.96. The van der Waals surface area contributed by atoms with Crippen LogP contribution < -0.4 is 0 Å². The van der Waals surface area contributed by atoms with E-state index in [0.717, 1.165) is 23.4 Å². The number of aromatic nitrogens is 1. The van der Waals surface area contributed by atoms with Crippen molar-refractivity contribution in [2.24, 2.45) is 4.99 Å². The molecule has 3 nitrogen and oxygen atoms in total. The average Bonchev–Trinajstić information content (AvgIpc) is 2.75. The van der Waals surface area contributed by atoms with E-state index in [9.17, 15) is 18.0 Å². The molecule has 0 saturated carbocycles. The number of Topliss-reactive ketones (excluding diaryl/α,β-unsaturated/α-hetero) is 1. The number of ketones is 1. The fourth-order valence-corrected chi connectivity index (χ4v) is 1.55. The van der Waals surface area contributed by atoms with Gasteiger partial charge in [-0.3, -0.25) is 9.78 Å². The minimum Gasteiger partial charge on any atom is -0.301 e. The highest BCUT2D eigenvalue weighted by Gasteiger charge is 2.30. The number of rotatable bonds is 5. The number of alkyl halides is 3. The van der Waals surface area contributed by atoms with Crippen LogP contribution in [0.5, 0.6) is 0 Å². The molecule has 0 unspecified atom stereocenters. The average molecular weight is 439 g/mol. The number of hydrogen-bond donors (Lipinski definition) is 0. The molecular formula is C25H37F3N2O. The molecule has 0 atom stereocenters. The van der Waals surface area contributed by atoms with E-state index < -0.39 is 11.7 Å². The molecule has 0 amide bonds. The Balaban J connectivity index is -0.000000404. The Kier molecular flexibility index (Phi) is 20.4. The monoisotopic (exact) mass is 438 g/mol. The van der Waals surface area contributed by atoms with Crippen LogP contribution in [0.1, 0.15) is 59.7 Å². The minimum atomic E-state index is -4.28. The van der Waals surface area contributed by atoms with Gasteiger partial charge < -0.3 is 4.99 Å². The molecule has 0 N–H and O–H groups in total. The van der Waals surface area contributed by atoms with Gasteiger partial charge in [0, 0.05) is 24.5 Å². The van der Waals surface area contributed by atoms with Gasteiger partial charge in [0.1, 0.15) is 0 Å². The molecule has 0 spiro atoms.